The molecule has 22 heavy (non-hydrogen) atoms. The maximum absolute atomic E-state index is 12.2. The van der Waals surface area contributed by atoms with E-state index in [2.05, 4.69) is 0 Å². The van der Waals surface area contributed by atoms with Gasteiger partial charge in [0.2, 0.25) is 5.91 Å². The van der Waals surface area contributed by atoms with E-state index in [1.807, 2.05) is 29.7 Å². The van der Waals surface area contributed by atoms with Crippen LogP contribution in [-0.4, -0.2) is 41.9 Å². The average molecular weight is 303 g/mol. The Balaban J connectivity index is 2.05. The van der Waals surface area contributed by atoms with E-state index in [9.17, 15) is 14.9 Å². The van der Waals surface area contributed by atoms with E-state index >= 15 is 0 Å². The fourth-order valence-electron chi connectivity index (χ4n) is 2.68. The molecular weight excluding hydrogens is 282 g/mol. The highest BCUT2D eigenvalue weighted by atomic mass is 16.6. The number of rotatable bonds is 4. The van der Waals surface area contributed by atoms with E-state index in [4.69, 9.17) is 0 Å². The van der Waals surface area contributed by atoms with Crippen molar-refractivity contribution in [2.45, 2.75) is 20.3 Å². The van der Waals surface area contributed by atoms with Gasteiger partial charge in [-0.1, -0.05) is 25.1 Å². The lowest BCUT2D eigenvalue weighted by Crippen LogP contribution is -2.49. The van der Waals surface area contributed by atoms with Gasteiger partial charge in [0.25, 0.3) is 5.69 Å². The van der Waals surface area contributed by atoms with Crippen LogP contribution >= 0.6 is 0 Å². The molecule has 1 aliphatic heterocycles. The van der Waals surface area contributed by atoms with Gasteiger partial charge >= 0.3 is 0 Å². The first-order valence-electron chi connectivity index (χ1n) is 7.49. The molecule has 0 radical (unpaired) electrons. The van der Waals surface area contributed by atoms with E-state index < -0.39 is 0 Å². The number of nitro groups is 1. The van der Waals surface area contributed by atoms with Gasteiger partial charge < -0.3 is 9.80 Å². The predicted octanol–water partition coefficient (Wildman–Crippen LogP) is 2.60. The quantitative estimate of drug-likeness (QED) is 0.487. The Bertz CT molecular complexity index is 590. The second-order valence-corrected chi connectivity index (χ2v) is 5.32. The third-order valence-corrected chi connectivity index (χ3v) is 3.83. The summed E-state index contributed by atoms with van der Waals surface area (Å²) in [6.45, 7) is 6.22. The third-order valence-electron chi connectivity index (χ3n) is 3.83. The highest BCUT2D eigenvalue weighted by Crippen LogP contribution is 2.28. The number of anilines is 1. The number of para-hydroxylation sites is 2. The second-order valence-electron chi connectivity index (χ2n) is 5.32. The zero-order valence-electron chi connectivity index (χ0n) is 13.0. The molecule has 1 heterocycles. The summed E-state index contributed by atoms with van der Waals surface area (Å²) in [6.07, 6.45) is 2.77. The molecule has 0 spiro atoms. The molecule has 2 rings (SSSR count). The van der Waals surface area contributed by atoms with Crippen molar-refractivity contribution in [1.82, 2.24) is 4.90 Å². The monoisotopic (exact) mass is 303 g/mol. The molecule has 0 atom stereocenters. The Hall–Kier alpha value is -2.37. The normalized spacial score (nSPS) is 15.8. The second kappa shape index (κ2) is 7.06. The fourth-order valence-corrected chi connectivity index (χ4v) is 2.68. The van der Waals surface area contributed by atoms with Crippen LogP contribution in [0.1, 0.15) is 20.3 Å². The zero-order valence-corrected chi connectivity index (χ0v) is 13.0. The molecule has 1 aromatic carbocycles. The van der Waals surface area contributed by atoms with Crippen molar-refractivity contribution in [2.75, 3.05) is 31.1 Å². The number of amides is 1. The number of piperazine rings is 1. The topological polar surface area (TPSA) is 66.7 Å². The van der Waals surface area contributed by atoms with Crippen molar-refractivity contribution >= 4 is 17.3 Å². The van der Waals surface area contributed by atoms with Crippen LogP contribution < -0.4 is 4.90 Å². The molecule has 0 N–H and O–H groups in total. The van der Waals surface area contributed by atoms with Crippen LogP contribution in [0, 0.1) is 10.1 Å². The van der Waals surface area contributed by atoms with Gasteiger partial charge in [0.15, 0.2) is 0 Å². The molecule has 0 unspecified atom stereocenters. The molecule has 1 aromatic rings. The third kappa shape index (κ3) is 3.44. The summed E-state index contributed by atoms with van der Waals surface area (Å²) < 4.78 is 0. The Morgan fingerprint density at radius 2 is 1.91 bits per heavy atom. The summed E-state index contributed by atoms with van der Waals surface area (Å²) >= 11 is 0. The molecule has 0 aliphatic carbocycles. The number of allylic oxidation sites excluding steroid dienone is 1. The minimum absolute atomic E-state index is 0.0593. The van der Waals surface area contributed by atoms with Gasteiger partial charge in [-0.2, -0.15) is 0 Å². The van der Waals surface area contributed by atoms with Crippen LogP contribution in [0.25, 0.3) is 0 Å². The van der Waals surface area contributed by atoms with Crippen LogP contribution in [0.5, 0.6) is 0 Å². The maximum atomic E-state index is 12.2. The Labute approximate surface area is 130 Å². The zero-order chi connectivity index (χ0) is 16.1. The summed E-state index contributed by atoms with van der Waals surface area (Å²) in [6, 6.07) is 6.74. The molecule has 0 aromatic heterocycles. The standard InChI is InChI=1S/C16H21N3O3/c1-3-6-13(2)16(20)18-11-9-17(10-12-18)14-7-4-5-8-15(14)19(21)22/h4-8H,3,9-12H2,1-2H3. The van der Waals surface area contributed by atoms with Crippen molar-refractivity contribution in [3.63, 3.8) is 0 Å². The number of carbonyl (C=O) groups is 1. The van der Waals surface area contributed by atoms with Crippen LogP contribution in [0.2, 0.25) is 0 Å². The van der Waals surface area contributed by atoms with E-state index in [0.29, 0.717) is 31.9 Å². The number of benzene rings is 1. The molecule has 0 saturated carbocycles. The SMILES string of the molecule is CCC=C(C)C(=O)N1CCN(c2ccccc2[N+](=O)[O-])CC1. The van der Waals surface area contributed by atoms with Crippen molar-refractivity contribution in [1.29, 1.82) is 0 Å². The molecule has 6 heteroatoms. The first-order valence-corrected chi connectivity index (χ1v) is 7.49. The molecule has 1 aliphatic rings. The van der Waals surface area contributed by atoms with Crippen molar-refractivity contribution in [3.8, 4) is 0 Å². The fraction of sp³-hybridized carbons (Fsp3) is 0.438. The largest absolute Gasteiger partial charge is 0.362 e. The number of hydrogen-bond acceptors (Lipinski definition) is 4. The first kappa shape index (κ1) is 16.0. The van der Waals surface area contributed by atoms with Crippen LogP contribution in [0.4, 0.5) is 11.4 Å². The minimum atomic E-state index is -0.360. The molecule has 6 nitrogen and oxygen atoms in total. The van der Waals surface area contributed by atoms with Gasteiger partial charge in [0, 0.05) is 37.8 Å². The van der Waals surface area contributed by atoms with Gasteiger partial charge in [-0.15, -0.1) is 0 Å². The highest BCUT2D eigenvalue weighted by molar-refractivity contribution is 5.93. The average Bonchev–Trinajstić information content (AvgIpc) is 2.54. The van der Waals surface area contributed by atoms with Crippen molar-refractivity contribution < 1.29 is 9.72 Å². The van der Waals surface area contributed by atoms with E-state index in [-0.39, 0.29) is 16.5 Å². The highest BCUT2D eigenvalue weighted by Gasteiger charge is 2.25. The van der Waals surface area contributed by atoms with E-state index in [0.717, 1.165) is 12.0 Å². The number of nitrogens with zero attached hydrogens (tertiary/aromatic N) is 3. The summed E-state index contributed by atoms with van der Waals surface area (Å²) in [5.41, 5.74) is 1.51. The van der Waals surface area contributed by atoms with Gasteiger partial charge in [-0.3, -0.25) is 14.9 Å². The van der Waals surface area contributed by atoms with Crippen LogP contribution in [-0.2, 0) is 4.79 Å². The van der Waals surface area contributed by atoms with Gasteiger partial charge in [0.1, 0.15) is 5.69 Å². The van der Waals surface area contributed by atoms with Crippen molar-refractivity contribution in [2.24, 2.45) is 0 Å². The molecule has 118 valence electrons. The lowest BCUT2D eigenvalue weighted by Gasteiger charge is -2.36. The van der Waals surface area contributed by atoms with Crippen molar-refractivity contribution in [3.05, 3.63) is 46.0 Å². The van der Waals surface area contributed by atoms with Crippen LogP contribution in [0.15, 0.2) is 35.9 Å². The number of nitro benzene ring substituents is 1. The van der Waals surface area contributed by atoms with Crippen LogP contribution in [0.3, 0.4) is 0 Å². The predicted molar refractivity (Wildman–Crippen MR) is 85.9 cm³/mol. The van der Waals surface area contributed by atoms with E-state index in [1.165, 1.54) is 6.07 Å². The van der Waals surface area contributed by atoms with Gasteiger partial charge in [-0.05, 0) is 19.4 Å². The Morgan fingerprint density at radius 3 is 2.50 bits per heavy atom. The smallest absolute Gasteiger partial charge is 0.292 e. The molecular formula is C16H21N3O3. The minimum Gasteiger partial charge on any atom is -0.362 e. The lowest BCUT2D eigenvalue weighted by atomic mass is 10.2. The Morgan fingerprint density at radius 1 is 1.27 bits per heavy atom. The Kier molecular flexibility index (Phi) is 5.14. The summed E-state index contributed by atoms with van der Waals surface area (Å²) in [7, 11) is 0. The van der Waals surface area contributed by atoms with E-state index in [1.54, 1.807) is 18.2 Å². The molecule has 1 saturated heterocycles. The van der Waals surface area contributed by atoms with Gasteiger partial charge in [0.05, 0.1) is 4.92 Å². The summed E-state index contributed by atoms with van der Waals surface area (Å²) in [4.78, 5) is 26.8. The molecule has 1 fully saturated rings. The number of carbonyl (C=O) groups excluding carboxylic acids is 1. The maximum Gasteiger partial charge on any atom is 0.292 e. The van der Waals surface area contributed by atoms with Gasteiger partial charge in [-0.25, -0.2) is 0 Å². The summed E-state index contributed by atoms with van der Waals surface area (Å²) in [5.74, 6) is 0.0593. The number of hydrogen-bond donors (Lipinski definition) is 0. The first-order chi connectivity index (χ1) is 10.5. The lowest BCUT2D eigenvalue weighted by molar-refractivity contribution is -0.384. The molecule has 1 amide bonds. The summed E-state index contributed by atoms with van der Waals surface area (Å²) in [5, 5.41) is 11.1. The molecule has 0 bridgehead atoms.